The second kappa shape index (κ2) is 23.9. The van der Waals surface area contributed by atoms with Gasteiger partial charge in [0, 0.05) is 72.4 Å². The number of hydrogen-bond acceptors (Lipinski definition) is 2. The van der Waals surface area contributed by atoms with Crippen molar-refractivity contribution in [2.75, 3.05) is 9.80 Å². The van der Waals surface area contributed by atoms with E-state index in [1.165, 1.54) is 38.8 Å². The van der Waals surface area contributed by atoms with E-state index in [-0.39, 0.29) is 58.0 Å². The molecule has 2 aliphatic heterocycles. The maximum Gasteiger partial charge on any atom is 0.252 e. The van der Waals surface area contributed by atoms with Gasteiger partial charge >= 0.3 is 0 Å². The Hall–Kier alpha value is -10.9. The largest absolute Gasteiger partial charge is 0.311 e. The number of anilines is 6. The molecule has 15 aromatic rings. The zero-order chi connectivity index (χ0) is 74.9. The minimum atomic E-state index is -0.372. The van der Waals surface area contributed by atoms with E-state index in [2.05, 4.69) is 378 Å². The van der Waals surface area contributed by atoms with Crippen LogP contribution in [0, 0.1) is 0 Å². The van der Waals surface area contributed by atoms with Crippen LogP contribution >= 0.6 is 0 Å². The number of rotatable bonds is 8. The van der Waals surface area contributed by atoms with Crippen LogP contribution in [0.2, 0.25) is 0 Å². The Balaban J connectivity index is 1.02. The van der Waals surface area contributed by atoms with E-state index in [9.17, 15) is 5.48 Å². The third kappa shape index (κ3) is 11.0. The van der Waals surface area contributed by atoms with Crippen LogP contribution in [0.1, 0.15) is 137 Å². The standard InChI is InChI=1S/C98H91BN4/c1-94(2,3)67-44-49-86(77(55-67)62-31-19-16-20-32-62)102-89-61-73(101-85-42-30-27-39-76(85)80-60-72(46-50-87(80)101)100-83-40-28-25-37-74(83)75-38-26-29-41-84(75)100)45-48-82(89)99-81-47-43-65(66-51-68(95(4,5)6)54-69(52-66)96(7,8)9)53-88(81)103(91-59-71(98(13,14)15)58-90(102)92(91)99)93-78(63-33-21-17-22-34-63)56-70(97(10,11)12)57-79(93)64-35-23-18-24-36-64/h16-61H,1-15H3/i27D,30D,39D,42D. The monoisotopic (exact) mass is 1340 g/mol. The second-order valence-electron chi connectivity index (χ2n) is 34.0. The van der Waals surface area contributed by atoms with Crippen LogP contribution in [0.5, 0.6) is 0 Å². The lowest BCUT2D eigenvalue weighted by molar-refractivity contribution is 0.569. The summed E-state index contributed by atoms with van der Waals surface area (Å²) in [5.74, 6) is 0. The van der Waals surface area contributed by atoms with Crippen LogP contribution in [-0.2, 0) is 27.1 Å². The molecule has 506 valence electrons. The maximum atomic E-state index is 10.1. The van der Waals surface area contributed by atoms with E-state index in [1.807, 2.05) is 0 Å². The number of hydrogen-bond donors (Lipinski definition) is 0. The minimum absolute atomic E-state index is 0.0762. The number of aromatic nitrogens is 2. The van der Waals surface area contributed by atoms with E-state index < -0.39 is 0 Å². The summed E-state index contributed by atoms with van der Waals surface area (Å²) in [7, 11) is 0. The van der Waals surface area contributed by atoms with E-state index in [1.54, 1.807) is 0 Å². The highest BCUT2D eigenvalue weighted by atomic mass is 15.2. The fraction of sp³-hybridized carbons (Fsp3) is 0.204. The summed E-state index contributed by atoms with van der Waals surface area (Å²) < 4.78 is 43.2. The summed E-state index contributed by atoms with van der Waals surface area (Å²) in [4.78, 5) is 5.24. The molecule has 4 heterocycles. The lowest BCUT2D eigenvalue weighted by Gasteiger charge is -2.46. The van der Waals surface area contributed by atoms with Gasteiger partial charge in [-0.15, -0.1) is 0 Å². The van der Waals surface area contributed by atoms with Crippen LogP contribution < -0.4 is 26.2 Å². The molecule has 0 amide bonds. The molecular formula is C98H91BN4. The van der Waals surface area contributed by atoms with Crippen LogP contribution in [0.3, 0.4) is 0 Å². The summed E-state index contributed by atoms with van der Waals surface area (Å²) in [6, 6.07) is 94.2. The maximum absolute atomic E-state index is 10.1. The Bertz CT molecular complexity index is 6000. The molecular weight excluding hydrogens is 1240 g/mol. The average molecular weight is 1340 g/mol. The van der Waals surface area contributed by atoms with Gasteiger partial charge in [-0.3, -0.25) is 0 Å². The molecule has 17 rings (SSSR count). The first kappa shape index (κ1) is 60.8. The molecule has 4 nitrogen and oxygen atoms in total. The molecule has 13 aromatic carbocycles. The van der Waals surface area contributed by atoms with Crippen molar-refractivity contribution in [2.45, 2.75) is 131 Å². The minimum Gasteiger partial charge on any atom is -0.311 e. The summed E-state index contributed by atoms with van der Waals surface area (Å²) in [5, 5.41) is 3.47. The Morgan fingerprint density at radius 3 is 1.27 bits per heavy atom. The molecule has 0 saturated carbocycles. The van der Waals surface area contributed by atoms with Gasteiger partial charge < -0.3 is 18.9 Å². The molecule has 0 unspecified atom stereocenters. The van der Waals surface area contributed by atoms with Crippen molar-refractivity contribution < 1.29 is 5.48 Å². The van der Waals surface area contributed by atoms with Crippen molar-refractivity contribution in [2.24, 2.45) is 0 Å². The highest BCUT2D eigenvalue weighted by Gasteiger charge is 2.46. The molecule has 5 heteroatoms. The Morgan fingerprint density at radius 1 is 0.272 bits per heavy atom. The van der Waals surface area contributed by atoms with Gasteiger partial charge in [0.2, 0.25) is 0 Å². The molecule has 0 N–H and O–H groups in total. The summed E-state index contributed by atoms with van der Waals surface area (Å²) in [6.07, 6.45) is 0. The average Bonchev–Trinajstić information content (AvgIpc) is 1.53. The smallest absolute Gasteiger partial charge is 0.252 e. The zero-order valence-corrected chi connectivity index (χ0v) is 62.1. The van der Waals surface area contributed by atoms with Crippen molar-refractivity contribution in [1.82, 2.24) is 9.13 Å². The second-order valence-corrected chi connectivity index (χ2v) is 34.0. The van der Waals surface area contributed by atoms with Gasteiger partial charge in [-0.05, 0) is 190 Å². The normalized spacial score (nSPS) is 13.9. The molecule has 0 atom stereocenters. The number of benzene rings is 13. The molecule has 0 radical (unpaired) electrons. The number of para-hydroxylation sites is 3. The predicted molar refractivity (Wildman–Crippen MR) is 444 cm³/mol. The molecule has 0 spiro atoms. The topological polar surface area (TPSA) is 16.3 Å². The molecule has 0 saturated heterocycles. The molecule has 0 fully saturated rings. The first-order chi connectivity index (χ1) is 50.9. The highest BCUT2D eigenvalue weighted by molar-refractivity contribution is 7.00. The van der Waals surface area contributed by atoms with Gasteiger partial charge in [-0.25, -0.2) is 0 Å². The lowest BCUT2D eigenvalue weighted by Crippen LogP contribution is -2.61. The molecule has 0 aliphatic carbocycles. The van der Waals surface area contributed by atoms with Gasteiger partial charge in [0.15, 0.2) is 0 Å². The molecule has 2 aromatic heterocycles. The summed E-state index contributed by atoms with van der Waals surface area (Å²) in [5.41, 5.74) is 29.0. The van der Waals surface area contributed by atoms with Gasteiger partial charge in [-0.1, -0.05) is 292 Å². The summed E-state index contributed by atoms with van der Waals surface area (Å²) >= 11 is 0. The van der Waals surface area contributed by atoms with Crippen molar-refractivity contribution >= 4 is 101 Å². The number of nitrogens with zero attached hydrogens (tertiary/aromatic N) is 4. The molecule has 103 heavy (non-hydrogen) atoms. The predicted octanol–water partition coefficient (Wildman–Crippen LogP) is 25.1. The van der Waals surface area contributed by atoms with Crippen molar-refractivity contribution in [3.8, 4) is 55.9 Å². The quantitative estimate of drug-likeness (QED) is 0.141. The Morgan fingerprint density at radius 2 is 0.709 bits per heavy atom. The lowest BCUT2D eigenvalue weighted by atomic mass is 9.33. The third-order valence-electron chi connectivity index (χ3n) is 22.0. The zero-order valence-electron chi connectivity index (χ0n) is 66.1. The Labute approximate surface area is 615 Å². The fourth-order valence-corrected chi connectivity index (χ4v) is 16.2. The van der Waals surface area contributed by atoms with Crippen molar-refractivity contribution in [1.29, 1.82) is 0 Å². The van der Waals surface area contributed by atoms with Gasteiger partial charge in [0.1, 0.15) is 0 Å². The van der Waals surface area contributed by atoms with Crippen LogP contribution in [0.15, 0.2) is 279 Å². The van der Waals surface area contributed by atoms with E-state index >= 15 is 0 Å². The van der Waals surface area contributed by atoms with E-state index in [0.29, 0.717) is 10.9 Å². The molecule has 2 aliphatic rings. The first-order valence-electron chi connectivity index (χ1n) is 38.7. The van der Waals surface area contributed by atoms with Crippen molar-refractivity contribution in [3.63, 3.8) is 0 Å². The van der Waals surface area contributed by atoms with Crippen LogP contribution in [0.25, 0.3) is 99.5 Å². The van der Waals surface area contributed by atoms with Crippen LogP contribution in [-0.4, -0.2) is 15.8 Å². The highest BCUT2D eigenvalue weighted by Crippen LogP contribution is 2.54. The van der Waals surface area contributed by atoms with E-state index in [4.69, 9.17) is 0 Å². The Kier molecular flexibility index (Phi) is 14.1. The van der Waals surface area contributed by atoms with Crippen molar-refractivity contribution in [3.05, 3.63) is 307 Å². The van der Waals surface area contributed by atoms with Crippen LogP contribution in [0.4, 0.5) is 34.1 Å². The van der Waals surface area contributed by atoms with Gasteiger partial charge in [-0.2, -0.15) is 0 Å². The third-order valence-corrected chi connectivity index (χ3v) is 22.0. The molecule has 0 bridgehead atoms. The summed E-state index contributed by atoms with van der Waals surface area (Å²) in [6.45, 7) is 34.5. The fourth-order valence-electron chi connectivity index (χ4n) is 16.2. The van der Waals surface area contributed by atoms with Gasteiger partial charge in [0.05, 0.1) is 38.9 Å². The van der Waals surface area contributed by atoms with E-state index in [0.717, 1.165) is 128 Å². The number of fused-ring (bicyclic) bond motifs is 10. The first-order valence-corrected chi connectivity index (χ1v) is 36.7. The van der Waals surface area contributed by atoms with Gasteiger partial charge in [0.25, 0.3) is 6.71 Å². The SMILES string of the molecule is [2H]c1c([2H])c([2H])c2c(c1[2H])c1cc(-n3c4ccccc4c4ccccc43)ccc1n2-c1ccc2c(c1)N(c1ccc(C(C)(C)C)cc1-c1ccccc1)c1cc(C(C)(C)C)cc3c1B2c1ccc(-c2cc(C(C)(C)C)cc(C(C)(C)C)c2)cc1N3c1c(-c2ccccc2)cc(C(C)(C)C)cc1-c1ccccc1.